The van der Waals surface area contributed by atoms with Gasteiger partial charge in [0.25, 0.3) is 0 Å². The van der Waals surface area contributed by atoms with Crippen LogP contribution in [0.15, 0.2) is 66.7 Å². The van der Waals surface area contributed by atoms with Gasteiger partial charge in [-0.25, -0.2) is 9.59 Å². The van der Waals surface area contributed by atoms with Gasteiger partial charge >= 0.3 is 11.9 Å². The maximum absolute atomic E-state index is 11.8. The molecule has 0 saturated heterocycles. The molecule has 0 aliphatic heterocycles. The van der Waals surface area contributed by atoms with E-state index < -0.39 is 17.5 Å². The highest BCUT2D eigenvalue weighted by Crippen LogP contribution is 2.27. The Kier molecular flexibility index (Phi) is 9.58. The number of carboxylic acid groups (broad SMARTS) is 2. The summed E-state index contributed by atoms with van der Waals surface area (Å²) in [7, 11) is 0. The van der Waals surface area contributed by atoms with Crippen LogP contribution in [0.4, 0.5) is 0 Å². The third kappa shape index (κ3) is 9.05. The fraction of sp³-hybridized carbons (Fsp3) is 0.190. The first kappa shape index (κ1) is 23.9. The Morgan fingerprint density at radius 1 is 1.03 bits per heavy atom. The monoisotopic (exact) mass is 418 g/mol. The first-order chi connectivity index (χ1) is 13.7. The third-order valence-electron chi connectivity index (χ3n) is 3.83. The lowest BCUT2D eigenvalue weighted by Crippen LogP contribution is -2.47. The molecule has 5 N–H and O–H groups in total. The van der Waals surface area contributed by atoms with Crippen LogP contribution in [0.2, 0.25) is 5.02 Å². The Hall–Kier alpha value is -3.16. The average molecular weight is 419 g/mol. The highest BCUT2D eigenvalue weighted by atomic mass is 35.5. The molecule has 2 aromatic carbocycles. The van der Waals surface area contributed by atoms with Gasteiger partial charge in [-0.1, -0.05) is 54.1 Å². The van der Waals surface area contributed by atoms with Crippen molar-refractivity contribution in [3.8, 4) is 0 Å². The fourth-order valence-electron chi connectivity index (χ4n) is 2.56. The number of nitrogens with one attached hydrogen (secondary N) is 1. The quantitative estimate of drug-likeness (QED) is 0.511. The number of rotatable bonds is 7. The summed E-state index contributed by atoms with van der Waals surface area (Å²) in [5, 5.41) is 19.3. The van der Waals surface area contributed by atoms with Crippen LogP contribution < -0.4 is 11.1 Å². The maximum Gasteiger partial charge on any atom is 0.328 e. The summed E-state index contributed by atoms with van der Waals surface area (Å²) in [5.74, 6) is -2.70. The lowest BCUT2D eigenvalue weighted by atomic mass is 9.85. The van der Waals surface area contributed by atoms with E-state index in [2.05, 4.69) is 5.32 Å². The Morgan fingerprint density at radius 3 is 2.10 bits per heavy atom. The van der Waals surface area contributed by atoms with E-state index in [-0.39, 0.29) is 12.5 Å². The van der Waals surface area contributed by atoms with Crippen molar-refractivity contribution in [1.29, 1.82) is 0 Å². The summed E-state index contributed by atoms with van der Waals surface area (Å²) in [6.07, 6.45) is 1.78. The van der Waals surface area contributed by atoms with E-state index in [0.717, 1.165) is 11.1 Å². The summed E-state index contributed by atoms with van der Waals surface area (Å²) < 4.78 is 0. The number of aliphatic carboxylic acids is 2. The molecule has 1 atom stereocenters. The van der Waals surface area contributed by atoms with Gasteiger partial charge in [0.15, 0.2) is 0 Å². The van der Waals surface area contributed by atoms with E-state index in [1.54, 1.807) is 0 Å². The molecule has 7 nitrogen and oxygen atoms in total. The maximum atomic E-state index is 11.8. The van der Waals surface area contributed by atoms with E-state index in [1.807, 2.05) is 61.5 Å². The molecule has 2 aromatic rings. The summed E-state index contributed by atoms with van der Waals surface area (Å²) in [4.78, 5) is 30.9. The van der Waals surface area contributed by atoms with Crippen LogP contribution in [0, 0.1) is 0 Å². The fourth-order valence-corrected chi connectivity index (χ4v) is 2.75. The molecular formula is C21H23ClN2O5. The van der Waals surface area contributed by atoms with Gasteiger partial charge in [-0.05, 0) is 36.6 Å². The van der Waals surface area contributed by atoms with Crippen molar-refractivity contribution in [3.05, 3.63) is 82.9 Å². The van der Waals surface area contributed by atoms with Crippen molar-refractivity contribution >= 4 is 29.4 Å². The van der Waals surface area contributed by atoms with Crippen molar-refractivity contribution in [2.24, 2.45) is 5.73 Å². The van der Waals surface area contributed by atoms with Crippen LogP contribution in [0.1, 0.15) is 18.1 Å². The molecular weight excluding hydrogens is 396 g/mol. The topological polar surface area (TPSA) is 130 Å². The second kappa shape index (κ2) is 11.6. The molecule has 0 spiro atoms. The van der Waals surface area contributed by atoms with Crippen LogP contribution in [0.3, 0.4) is 0 Å². The second-order valence-electron chi connectivity index (χ2n) is 6.27. The normalized spacial score (nSPS) is 12.4. The summed E-state index contributed by atoms with van der Waals surface area (Å²) in [6.45, 7) is 1.95. The molecule has 2 rings (SSSR count). The minimum absolute atomic E-state index is 0.0368. The molecule has 8 heteroatoms. The zero-order valence-corrected chi connectivity index (χ0v) is 16.6. The van der Waals surface area contributed by atoms with E-state index in [9.17, 15) is 14.4 Å². The molecule has 0 fully saturated rings. The first-order valence-corrected chi connectivity index (χ1v) is 8.99. The zero-order valence-electron chi connectivity index (χ0n) is 15.8. The minimum atomic E-state index is -1.26. The van der Waals surface area contributed by atoms with Crippen molar-refractivity contribution in [1.82, 2.24) is 5.32 Å². The van der Waals surface area contributed by atoms with Crippen LogP contribution in [0.5, 0.6) is 0 Å². The van der Waals surface area contributed by atoms with Gasteiger partial charge in [0.1, 0.15) is 0 Å². The molecule has 0 aliphatic rings. The standard InChI is InChI=1S/C17H19ClN2O.C4H4O4/c1-17(20-16(21)12-19,11-13-6-3-2-4-7-13)14-8-5-9-15(18)10-14;5-3(6)1-2-4(7)8/h2-10H,11-12,19H2,1H3,(H,20,21);1-2H,(H,5,6)(H,7,8). The van der Waals surface area contributed by atoms with Gasteiger partial charge < -0.3 is 21.3 Å². The SMILES string of the molecule is CC(Cc1ccccc1)(NC(=O)CN)c1cccc(Cl)c1.O=C(O)C=CC(=O)O. The summed E-state index contributed by atoms with van der Waals surface area (Å²) >= 11 is 6.09. The number of hydrogen-bond donors (Lipinski definition) is 4. The largest absolute Gasteiger partial charge is 0.478 e. The molecule has 154 valence electrons. The van der Waals surface area contributed by atoms with Gasteiger partial charge in [-0.15, -0.1) is 0 Å². The zero-order chi connectivity index (χ0) is 21.9. The highest BCUT2D eigenvalue weighted by Gasteiger charge is 2.28. The molecule has 0 aromatic heterocycles. The lowest BCUT2D eigenvalue weighted by molar-refractivity contribution is -0.134. The first-order valence-electron chi connectivity index (χ1n) is 8.61. The molecule has 0 radical (unpaired) electrons. The van der Waals surface area contributed by atoms with E-state index in [1.165, 1.54) is 0 Å². The smallest absolute Gasteiger partial charge is 0.328 e. The number of carboxylic acids is 2. The molecule has 0 bridgehead atoms. The van der Waals surface area contributed by atoms with Crippen LogP contribution in [-0.2, 0) is 26.3 Å². The highest BCUT2D eigenvalue weighted by molar-refractivity contribution is 6.30. The van der Waals surface area contributed by atoms with E-state index in [0.29, 0.717) is 23.6 Å². The number of amides is 1. The number of nitrogens with two attached hydrogens (primary N) is 1. The minimum Gasteiger partial charge on any atom is -0.478 e. The predicted molar refractivity (Wildman–Crippen MR) is 111 cm³/mol. The Labute approximate surface area is 173 Å². The molecule has 0 aliphatic carbocycles. The Morgan fingerprint density at radius 2 is 1.62 bits per heavy atom. The summed E-state index contributed by atoms with van der Waals surface area (Å²) in [5.41, 5.74) is 6.98. The lowest BCUT2D eigenvalue weighted by Gasteiger charge is -2.32. The molecule has 29 heavy (non-hydrogen) atoms. The van der Waals surface area contributed by atoms with Crippen molar-refractivity contribution in [3.63, 3.8) is 0 Å². The predicted octanol–water partition coefficient (Wildman–Crippen LogP) is 2.58. The Balaban J connectivity index is 0.000000447. The van der Waals surface area contributed by atoms with E-state index in [4.69, 9.17) is 27.5 Å². The molecule has 1 unspecified atom stereocenters. The Bertz CT molecular complexity index is 854. The molecule has 0 heterocycles. The van der Waals surface area contributed by atoms with Gasteiger partial charge in [0.05, 0.1) is 12.1 Å². The van der Waals surface area contributed by atoms with Gasteiger partial charge in [-0.3, -0.25) is 4.79 Å². The van der Waals surface area contributed by atoms with Gasteiger partial charge in [0.2, 0.25) is 5.91 Å². The van der Waals surface area contributed by atoms with Crippen LogP contribution in [-0.4, -0.2) is 34.6 Å². The molecule has 0 saturated carbocycles. The third-order valence-corrected chi connectivity index (χ3v) is 4.07. The van der Waals surface area contributed by atoms with Crippen molar-refractivity contribution in [2.45, 2.75) is 18.9 Å². The molecule has 1 amide bonds. The van der Waals surface area contributed by atoms with Crippen LogP contribution >= 0.6 is 11.6 Å². The number of hydrogen-bond acceptors (Lipinski definition) is 4. The number of carbonyl (C=O) groups excluding carboxylic acids is 1. The van der Waals surface area contributed by atoms with Gasteiger partial charge in [0, 0.05) is 17.2 Å². The second-order valence-corrected chi connectivity index (χ2v) is 6.70. The number of carbonyl (C=O) groups is 3. The van der Waals surface area contributed by atoms with Crippen molar-refractivity contribution < 1.29 is 24.6 Å². The van der Waals surface area contributed by atoms with Crippen molar-refractivity contribution in [2.75, 3.05) is 6.54 Å². The van der Waals surface area contributed by atoms with Gasteiger partial charge in [-0.2, -0.15) is 0 Å². The number of benzene rings is 2. The van der Waals surface area contributed by atoms with Crippen LogP contribution in [0.25, 0.3) is 0 Å². The average Bonchev–Trinajstić information content (AvgIpc) is 2.67. The van der Waals surface area contributed by atoms with E-state index >= 15 is 0 Å². The number of halogens is 1. The summed E-state index contributed by atoms with van der Waals surface area (Å²) in [6, 6.07) is 17.6.